The van der Waals surface area contributed by atoms with Gasteiger partial charge in [0.05, 0.1) is 24.4 Å². The molecule has 7 nitrogen and oxygen atoms in total. The Labute approximate surface area is 168 Å². The highest BCUT2D eigenvalue weighted by Crippen LogP contribution is 2.29. The van der Waals surface area contributed by atoms with Crippen molar-refractivity contribution in [1.29, 1.82) is 0 Å². The highest BCUT2D eigenvalue weighted by atomic mass is 16.5. The molecule has 1 aliphatic heterocycles. The van der Waals surface area contributed by atoms with Crippen LogP contribution in [0.25, 0.3) is 33.2 Å². The number of aromatic amines is 2. The zero-order valence-electron chi connectivity index (χ0n) is 16.3. The molecule has 29 heavy (non-hydrogen) atoms. The fourth-order valence-corrected chi connectivity index (χ4v) is 3.76. The molecule has 5 rings (SSSR count). The lowest BCUT2D eigenvalue weighted by atomic mass is 10.1. The van der Waals surface area contributed by atoms with E-state index in [0.717, 1.165) is 60.7 Å². The monoisotopic (exact) mass is 392 g/mol. The van der Waals surface area contributed by atoms with Crippen LogP contribution in [-0.4, -0.2) is 58.0 Å². The van der Waals surface area contributed by atoms with Crippen LogP contribution in [0.1, 0.15) is 11.1 Å². The molecule has 1 saturated heterocycles. The second-order valence-corrected chi connectivity index (χ2v) is 7.22. The Morgan fingerprint density at radius 1 is 1.14 bits per heavy atom. The van der Waals surface area contributed by atoms with Crippen LogP contribution < -0.4 is 0 Å². The summed E-state index contributed by atoms with van der Waals surface area (Å²) in [6.07, 6.45) is 0. The summed E-state index contributed by atoms with van der Waals surface area (Å²) < 4.78 is 5.44. The van der Waals surface area contributed by atoms with E-state index in [1.165, 1.54) is 16.5 Å². The van der Waals surface area contributed by atoms with Crippen LogP contribution in [-0.2, 0) is 16.1 Å². The first-order valence-corrected chi connectivity index (χ1v) is 9.62. The molecule has 1 fully saturated rings. The zero-order chi connectivity index (χ0) is 20.2. The number of ether oxygens (including phenoxy) is 1. The number of hydrogen-bond acceptors (Lipinski definition) is 4. The molecule has 150 valence electrons. The highest BCUT2D eigenvalue weighted by Gasteiger charge is 2.13. The van der Waals surface area contributed by atoms with E-state index in [1.807, 2.05) is 0 Å². The third-order valence-electron chi connectivity index (χ3n) is 5.17. The van der Waals surface area contributed by atoms with Gasteiger partial charge in [0, 0.05) is 35.9 Å². The highest BCUT2D eigenvalue weighted by molar-refractivity contribution is 5.96. The van der Waals surface area contributed by atoms with E-state index in [4.69, 9.17) is 14.6 Å². The molecular formula is C22H24N4O3. The van der Waals surface area contributed by atoms with Crippen molar-refractivity contribution in [2.24, 2.45) is 0 Å². The molecule has 0 spiro atoms. The summed E-state index contributed by atoms with van der Waals surface area (Å²) in [5, 5.41) is 17.0. The molecule has 0 saturated carbocycles. The summed E-state index contributed by atoms with van der Waals surface area (Å²) >= 11 is 0. The molecule has 0 radical (unpaired) electrons. The molecule has 7 heteroatoms. The lowest BCUT2D eigenvalue weighted by Gasteiger charge is -2.26. The van der Waals surface area contributed by atoms with E-state index < -0.39 is 0 Å². The molecule has 3 heterocycles. The van der Waals surface area contributed by atoms with Gasteiger partial charge in [0.2, 0.25) is 0 Å². The van der Waals surface area contributed by atoms with Crippen molar-refractivity contribution in [3.8, 4) is 11.4 Å². The Bertz CT molecular complexity index is 1130. The summed E-state index contributed by atoms with van der Waals surface area (Å²) in [6.45, 7) is 6.51. The largest absolute Gasteiger partial charge is 0.483 e. The number of morpholine rings is 1. The Kier molecular flexibility index (Phi) is 5.59. The number of hydrogen-bond donors (Lipinski definition) is 3. The average Bonchev–Trinajstić information content (AvgIpc) is 3.32. The maximum atomic E-state index is 8.36. The number of nitrogens with zero attached hydrogens (tertiary/aromatic N) is 2. The predicted octanol–water partition coefficient (Wildman–Crippen LogP) is 3.55. The van der Waals surface area contributed by atoms with E-state index in [2.05, 4.69) is 69.5 Å². The third-order valence-corrected chi connectivity index (χ3v) is 5.17. The molecule has 0 unspecified atom stereocenters. The van der Waals surface area contributed by atoms with E-state index in [0.29, 0.717) is 0 Å². The normalized spacial score (nSPS) is 14.7. The summed E-state index contributed by atoms with van der Waals surface area (Å²) in [4.78, 5) is 14.3. The Balaban J connectivity index is 0.000000645. The zero-order valence-corrected chi connectivity index (χ0v) is 16.3. The number of fused-ring (bicyclic) bond motifs is 2. The molecule has 1 aliphatic rings. The number of benzene rings is 2. The molecule has 2 aromatic carbocycles. The van der Waals surface area contributed by atoms with E-state index in [1.54, 1.807) is 0 Å². The van der Waals surface area contributed by atoms with Gasteiger partial charge >= 0.3 is 0 Å². The molecule has 0 atom stereocenters. The molecular weight excluding hydrogens is 368 g/mol. The molecule has 4 aromatic rings. The fraction of sp³-hybridized carbons (Fsp3) is 0.273. The minimum absolute atomic E-state index is 0.250. The second-order valence-electron chi connectivity index (χ2n) is 7.22. The fourth-order valence-electron chi connectivity index (χ4n) is 3.76. The maximum absolute atomic E-state index is 8.36. The van der Waals surface area contributed by atoms with Crippen LogP contribution in [0.15, 0.2) is 42.5 Å². The first-order chi connectivity index (χ1) is 14.2. The standard InChI is InChI=1S/C21H22N4O.CH2O2/c1-14-2-4-17-19(10-14)23-24-21(17)20-12-16-11-15(3-5-18(16)22-20)13-25-6-8-26-9-7-25;2-1-3/h2-5,10-12,22H,6-9,13H2,1H3,(H,23,24);1H,(H,2,3). The van der Waals surface area contributed by atoms with Crippen LogP contribution in [0.3, 0.4) is 0 Å². The summed E-state index contributed by atoms with van der Waals surface area (Å²) in [7, 11) is 0. The van der Waals surface area contributed by atoms with Crippen LogP contribution in [0, 0.1) is 6.92 Å². The van der Waals surface area contributed by atoms with E-state index >= 15 is 0 Å². The second kappa shape index (κ2) is 8.46. The van der Waals surface area contributed by atoms with Crippen molar-refractivity contribution >= 4 is 28.3 Å². The van der Waals surface area contributed by atoms with Crippen molar-refractivity contribution < 1.29 is 14.6 Å². The summed E-state index contributed by atoms with van der Waals surface area (Å²) in [5.41, 5.74) is 6.83. The van der Waals surface area contributed by atoms with Crippen molar-refractivity contribution in [2.45, 2.75) is 13.5 Å². The van der Waals surface area contributed by atoms with E-state index in [9.17, 15) is 0 Å². The topological polar surface area (TPSA) is 94.2 Å². The molecule has 3 N–H and O–H groups in total. The average molecular weight is 392 g/mol. The summed E-state index contributed by atoms with van der Waals surface area (Å²) in [5.74, 6) is 0. The first-order valence-electron chi connectivity index (χ1n) is 9.62. The number of rotatable bonds is 3. The van der Waals surface area contributed by atoms with Gasteiger partial charge in [-0.1, -0.05) is 18.2 Å². The predicted molar refractivity (Wildman–Crippen MR) is 113 cm³/mol. The Morgan fingerprint density at radius 2 is 1.93 bits per heavy atom. The molecule has 2 aromatic heterocycles. The van der Waals surface area contributed by atoms with Gasteiger partial charge in [-0.25, -0.2) is 0 Å². The summed E-state index contributed by atoms with van der Waals surface area (Å²) in [6, 6.07) is 15.3. The lowest BCUT2D eigenvalue weighted by molar-refractivity contribution is -0.122. The minimum Gasteiger partial charge on any atom is -0.483 e. The first kappa shape index (κ1) is 19.2. The van der Waals surface area contributed by atoms with E-state index in [-0.39, 0.29) is 6.47 Å². The smallest absolute Gasteiger partial charge is 0.290 e. The molecule has 0 bridgehead atoms. The minimum atomic E-state index is -0.250. The maximum Gasteiger partial charge on any atom is 0.290 e. The van der Waals surface area contributed by atoms with Gasteiger partial charge in [-0.2, -0.15) is 5.10 Å². The van der Waals surface area contributed by atoms with Crippen molar-refractivity contribution in [3.63, 3.8) is 0 Å². The van der Waals surface area contributed by atoms with Crippen molar-refractivity contribution in [1.82, 2.24) is 20.1 Å². The van der Waals surface area contributed by atoms with Crippen LogP contribution in [0.4, 0.5) is 0 Å². The van der Waals surface area contributed by atoms with Crippen LogP contribution >= 0.6 is 0 Å². The quantitative estimate of drug-likeness (QED) is 0.464. The molecule has 0 amide bonds. The van der Waals surface area contributed by atoms with Gasteiger partial charge in [-0.05, 0) is 42.3 Å². The van der Waals surface area contributed by atoms with Crippen molar-refractivity contribution in [2.75, 3.05) is 26.3 Å². The number of aromatic nitrogens is 3. The number of aryl methyl sites for hydroxylation is 1. The SMILES string of the molecule is Cc1ccc2c(-c3cc4cc(CN5CCOCC5)ccc4[nH]3)n[nH]c2c1.O=CO. The van der Waals surface area contributed by atoms with Gasteiger partial charge in [-0.15, -0.1) is 0 Å². The number of nitrogens with one attached hydrogen (secondary N) is 2. The van der Waals surface area contributed by atoms with Gasteiger partial charge in [-0.3, -0.25) is 14.8 Å². The van der Waals surface area contributed by atoms with Gasteiger partial charge in [0.15, 0.2) is 0 Å². The van der Waals surface area contributed by atoms with Crippen molar-refractivity contribution in [3.05, 3.63) is 53.6 Å². The third kappa shape index (κ3) is 4.16. The Hall–Kier alpha value is -3.16. The molecule has 0 aliphatic carbocycles. The van der Waals surface area contributed by atoms with Crippen LogP contribution in [0.2, 0.25) is 0 Å². The van der Waals surface area contributed by atoms with Crippen LogP contribution in [0.5, 0.6) is 0 Å². The number of carboxylic acid groups (broad SMARTS) is 1. The Morgan fingerprint density at radius 3 is 2.72 bits per heavy atom. The number of carbonyl (C=O) groups is 1. The number of H-pyrrole nitrogens is 2. The van der Waals surface area contributed by atoms with Gasteiger partial charge in [0.1, 0.15) is 5.69 Å². The van der Waals surface area contributed by atoms with Gasteiger partial charge in [0.25, 0.3) is 6.47 Å². The lowest BCUT2D eigenvalue weighted by Crippen LogP contribution is -2.35. The van der Waals surface area contributed by atoms with Gasteiger partial charge < -0.3 is 14.8 Å².